The van der Waals surface area contributed by atoms with E-state index in [0.717, 1.165) is 30.8 Å². The first-order valence-corrected chi connectivity index (χ1v) is 7.29. The monoisotopic (exact) mass is 286 g/mol. The summed E-state index contributed by atoms with van der Waals surface area (Å²) in [7, 11) is 0. The highest BCUT2D eigenvalue weighted by molar-refractivity contribution is 5.99. The molecule has 0 saturated heterocycles. The molecule has 112 valence electrons. The number of nitrogens with zero attached hydrogens (tertiary/aromatic N) is 2. The number of carbonyl (C=O) groups excluding carboxylic acids is 1. The number of rotatable bonds is 7. The van der Waals surface area contributed by atoms with Gasteiger partial charge in [0.1, 0.15) is 0 Å². The Bertz CT molecular complexity index is 578. The van der Waals surface area contributed by atoms with Crippen molar-refractivity contribution in [3.8, 4) is 0 Å². The molecule has 0 bridgehead atoms. The third-order valence-electron chi connectivity index (χ3n) is 3.22. The van der Waals surface area contributed by atoms with Crippen molar-refractivity contribution in [2.24, 2.45) is 0 Å². The maximum absolute atomic E-state index is 12.2. The zero-order valence-electron chi connectivity index (χ0n) is 12.6. The van der Waals surface area contributed by atoms with E-state index in [1.807, 2.05) is 42.8 Å². The molecule has 1 aromatic carbocycles. The van der Waals surface area contributed by atoms with Crippen molar-refractivity contribution in [3.05, 3.63) is 48.0 Å². The van der Waals surface area contributed by atoms with Gasteiger partial charge >= 0.3 is 0 Å². The molecule has 0 aliphatic rings. The topological polar surface area (TPSA) is 59.0 Å². The smallest absolute Gasteiger partial charge is 0.253 e. The first-order chi connectivity index (χ1) is 10.2. The van der Waals surface area contributed by atoms with Gasteiger partial charge in [-0.3, -0.25) is 4.79 Å². The Kier molecular flexibility index (Phi) is 5.37. The van der Waals surface area contributed by atoms with Crippen LogP contribution in [0.25, 0.3) is 0 Å². The van der Waals surface area contributed by atoms with E-state index in [2.05, 4.69) is 15.6 Å². The Morgan fingerprint density at radius 1 is 1.38 bits per heavy atom. The lowest BCUT2D eigenvalue weighted by molar-refractivity contribution is 0.0953. The van der Waals surface area contributed by atoms with Crippen molar-refractivity contribution in [1.29, 1.82) is 0 Å². The number of nitrogens with one attached hydrogen (secondary N) is 2. The maximum atomic E-state index is 12.2. The van der Waals surface area contributed by atoms with Crippen LogP contribution in [0.15, 0.2) is 36.9 Å². The van der Waals surface area contributed by atoms with Crippen LogP contribution >= 0.6 is 0 Å². The van der Waals surface area contributed by atoms with Crippen molar-refractivity contribution >= 4 is 11.6 Å². The summed E-state index contributed by atoms with van der Waals surface area (Å²) in [5, 5.41) is 6.20. The van der Waals surface area contributed by atoms with Crippen molar-refractivity contribution in [2.45, 2.75) is 26.8 Å². The molecule has 1 amide bonds. The first kappa shape index (κ1) is 15.1. The van der Waals surface area contributed by atoms with Gasteiger partial charge in [0.15, 0.2) is 0 Å². The van der Waals surface area contributed by atoms with Crippen LogP contribution in [-0.2, 0) is 6.54 Å². The molecule has 0 saturated carbocycles. The normalized spacial score (nSPS) is 10.4. The van der Waals surface area contributed by atoms with E-state index in [0.29, 0.717) is 12.1 Å². The summed E-state index contributed by atoms with van der Waals surface area (Å²) in [5.41, 5.74) is 2.73. The predicted molar refractivity (Wildman–Crippen MR) is 84.5 cm³/mol. The standard InChI is InChI=1S/C16H22N4O/c1-3-18-15-11-13(2)5-6-14(15)16(21)19-7-4-9-20-10-8-17-12-20/h5-6,8,10-12,18H,3-4,7,9H2,1-2H3,(H,19,21). The fourth-order valence-corrected chi connectivity index (χ4v) is 2.17. The molecule has 1 heterocycles. The Hall–Kier alpha value is -2.30. The molecule has 0 aliphatic heterocycles. The van der Waals surface area contributed by atoms with E-state index < -0.39 is 0 Å². The number of imidazole rings is 1. The second-order valence-electron chi connectivity index (χ2n) is 4.99. The number of hydrogen-bond acceptors (Lipinski definition) is 3. The Balaban J connectivity index is 1.87. The van der Waals surface area contributed by atoms with Crippen LogP contribution in [-0.4, -0.2) is 28.5 Å². The summed E-state index contributed by atoms with van der Waals surface area (Å²) in [5.74, 6) is -0.0309. The summed E-state index contributed by atoms with van der Waals surface area (Å²) in [6, 6.07) is 5.84. The molecule has 0 fully saturated rings. The van der Waals surface area contributed by atoms with Gasteiger partial charge in [-0.05, 0) is 38.0 Å². The van der Waals surface area contributed by atoms with E-state index in [9.17, 15) is 4.79 Å². The van der Waals surface area contributed by atoms with E-state index in [1.165, 1.54) is 0 Å². The molecule has 2 rings (SSSR count). The molecule has 0 radical (unpaired) electrons. The molecule has 2 N–H and O–H groups in total. The van der Waals surface area contributed by atoms with Crippen LogP contribution in [0.5, 0.6) is 0 Å². The highest BCUT2D eigenvalue weighted by Gasteiger charge is 2.10. The van der Waals surface area contributed by atoms with Gasteiger partial charge in [-0.15, -0.1) is 0 Å². The summed E-state index contributed by atoms with van der Waals surface area (Å²) in [4.78, 5) is 16.2. The third-order valence-corrected chi connectivity index (χ3v) is 3.22. The highest BCUT2D eigenvalue weighted by atomic mass is 16.1. The zero-order valence-corrected chi connectivity index (χ0v) is 12.6. The second kappa shape index (κ2) is 7.47. The lowest BCUT2D eigenvalue weighted by Crippen LogP contribution is -2.26. The van der Waals surface area contributed by atoms with Gasteiger partial charge in [0.2, 0.25) is 0 Å². The van der Waals surface area contributed by atoms with Gasteiger partial charge in [-0.2, -0.15) is 0 Å². The van der Waals surface area contributed by atoms with Crippen molar-refractivity contribution in [3.63, 3.8) is 0 Å². The molecule has 0 unspecified atom stereocenters. The Morgan fingerprint density at radius 2 is 2.24 bits per heavy atom. The number of anilines is 1. The summed E-state index contributed by atoms with van der Waals surface area (Å²) in [6.07, 6.45) is 6.34. The number of carbonyl (C=O) groups is 1. The third kappa shape index (κ3) is 4.34. The SMILES string of the molecule is CCNc1cc(C)ccc1C(=O)NCCCn1ccnc1. The number of amides is 1. The predicted octanol–water partition coefficient (Wildman–Crippen LogP) is 2.44. The molecule has 21 heavy (non-hydrogen) atoms. The molecule has 5 heteroatoms. The van der Waals surface area contributed by atoms with Gasteiger partial charge in [0, 0.05) is 37.7 Å². The van der Waals surface area contributed by atoms with Crippen LogP contribution in [0.4, 0.5) is 5.69 Å². The molecule has 0 aliphatic carbocycles. The van der Waals surface area contributed by atoms with Gasteiger partial charge in [0.05, 0.1) is 11.9 Å². The van der Waals surface area contributed by atoms with Crippen molar-refractivity contribution in [2.75, 3.05) is 18.4 Å². The van der Waals surface area contributed by atoms with Gasteiger partial charge < -0.3 is 15.2 Å². The minimum absolute atomic E-state index is 0.0309. The van der Waals surface area contributed by atoms with Crippen LogP contribution in [0, 0.1) is 6.92 Å². The average Bonchev–Trinajstić information content (AvgIpc) is 2.97. The van der Waals surface area contributed by atoms with E-state index in [1.54, 1.807) is 12.5 Å². The molecule has 0 atom stereocenters. The summed E-state index contributed by atoms with van der Waals surface area (Å²) in [6.45, 7) is 6.35. The largest absolute Gasteiger partial charge is 0.385 e. The Morgan fingerprint density at radius 3 is 2.95 bits per heavy atom. The molecule has 5 nitrogen and oxygen atoms in total. The van der Waals surface area contributed by atoms with Crippen LogP contribution < -0.4 is 10.6 Å². The molecular formula is C16H22N4O. The molecule has 1 aromatic heterocycles. The highest BCUT2D eigenvalue weighted by Crippen LogP contribution is 2.17. The number of aryl methyl sites for hydroxylation is 2. The van der Waals surface area contributed by atoms with Crippen LogP contribution in [0.2, 0.25) is 0 Å². The Labute approximate surface area is 125 Å². The van der Waals surface area contributed by atoms with Crippen molar-refractivity contribution < 1.29 is 4.79 Å². The van der Waals surface area contributed by atoms with E-state index in [-0.39, 0.29) is 5.91 Å². The second-order valence-corrected chi connectivity index (χ2v) is 4.99. The summed E-state index contributed by atoms with van der Waals surface area (Å²) >= 11 is 0. The van der Waals surface area contributed by atoms with E-state index >= 15 is 0 Å². The van der Waals surface area contributed by atoms with Crippen LogP contribution in [0.3, 0.4) is 0 Å². The van der Waals surface area contributed by atoms with Gasteiger partial charge in [-0.25, -0.2) is 4.98 Å². The fourth-order valence-electron chi connectivity index (χ4n) is 2.17. The summed E-state index contributed by atoms with van der Waals surface area (Å²) < 4.78 is 2.00. The zero-order chi connectivity index (χ0) is 15.1. The van der Waals surface area contributed by atoms with E-state index in [4.69, 9.17) is 0 Å². The number of aromatic nitrogens is 2. The first-order valence-electron chi connectivity index (χ1n) is 7.29. The number of benzene rings is 1. The lowest BCUT2D eigenvalue weighted by Gasteiger charge is -2.12. The fraction of sp³-hybridized carbons (Fsp3) is 0.375. The molecule has 2 aromatic rings. The minimum Gasteiger partial charge on any atom is -0.385 e. The molecular weight excluding hydrogens is 264 g/mol. The maximum Gasteiger partial charge on any atom is 0.253 e. The number of hydrogen-bond donors (Lipinski definition) is 2. The quantitative estimate of drug-likeness (QED) is 0.769. The minimum atomic E-state index is -0.0309. The average molecular weight is 286 g/mol. The van der Waals surface area contributed by atoms with Gasteiger partial charge in [0.25, 0.3) is 5.91 Å². The lowest BCUT2D eigenvalue weighted by atomic mass is 10.1. The molecule has 0 spiro atoms. The van der Waals surface area contributed by atoms with Crippen LogP contribution in [0.1, 0.15) is 29.3 Å². The van der Waals surface area contributed by atoms with Gasteiger partial charge in [-0.1, -0.05) is 6.07 Å². The van der Waals surface area contributed by atoms with Crippen molar-refractivity contribution in [1.82, 2.24) is 14.9 Å².